The van der Waals surface area contributed by atoms with Gasteiger partial charge in [0.05, 0.1) is 12.7 Å². The molecule has 5 nitrogen and oxygen atoms in total. The minimum absolute atomic E-state index is 0.0713. The molecule has 0 spiro atoms. The van der Waals surface area contributed by atoms with Crippen molar-refractivity contribution in [3.05, 3.63) is 65.7 Å². The third-order valence-electron chi connectivity index (χ3n) is 4.17. The van der Waals surface area contributed by atoms with Crippen molar-refractivity contribution < 1.29 is 17.4 Å². The average molecular weight is 375 g/mol. The Morgan fingerprint density at radius 3 is 2.19 bits per heavy atom. The molecule has 0 saturated carbocycles. The molecule has 0 aliphatic heterocycles. The number of rotatable bonds is 8. The summed E-state index contributed by atoms with van der Waals surface area (Å²) < 4.78 is 27.2. The third-order valence-corrected chi connectivity index (χ3v) is 4.66. The first kappa shape index (κ1) is 20.0. The molecular formula is C20H25NO4S. The average Bonchev–Trinajstić information content (AvgIpc) is 2.60. The second-order valence-electron chi connectivity index (χ2n) is 6.37. The lowest BCUT2D eigenvalue weighted by atomic mass is 10.1. The van der Waals surface area contributed by atoms with Gasteiger partial charge >= 0.3 is 10.1 Å². The van der Waals surface area contributed by atoms with Crippen molar-refractivity contribution in [3.63, 3.8) is 0 Å². The molecule has 6 heteroatoms. The highest BCUT2D eigenvalue weighted by Gasteiger charge is 2.19. The molecule has 0 radical (unpaired) electrons. The molecule has 0 fully saturated rings. The van der Waals surface area contributed by atoms with Gasteiger partial charge in [0, 0.05) is 12.6 Å². The van der Waals surface area contributed by atoms with E-state index in [0.717, 1.165) is 23.8 Å². The number of nitrogens with zero attached hydrogens (tertiary/aromatic N) is 1. The van der Waals surface area contributed by atoms with Crippen molar-refractivity contribution in [2.45, 2.75) is 39.3 Å². The molecule has 140 valence electrons. The van der Waals surface area contributed by atoms with Crippen LogP contribution in [-0.2, 0) is 27.9 Å². The normalized spacial score (nSPS) is 12.4. The summed E-state index contributed by atoms with van der Waals surface area (Å²) in [7, 11) is -3.54. The van der Waals surface area contributed by atoms with Crippen LogP contribution in [0.15, 0.2) is 54.6 Å². The van der Waals surface area contributed by atoms with E-state index in [-0.39, 0.29) is 17.7 Å². The molecule has 2 aromatic rings. The first-order valence-corrected chi connectivity index (χ1v) is 10.4. The Morgan fingerprint density at radius 1 is 1.04 bits per heavy atom. The highest BCUT2D eigenvalue weighted by molar-refractivity contribution is 7.86. The number of hydrogen-bond acceptors (Lipinski definition) is 4. The molecule has 2 rings (SSSR count). The van der Waals surface area contributed by atoms with Gasteiger partial charge in [0.25, 0.3) is 0 Å². The molecule has 0 saturated heterocycles. The maximum Gasteiger partial charge on any atom is 0.306 e. The van der Waals surface area contributed by atoms with Crippen molar-refractivity contribution >= 4 is 16.0 Å². The molecule has 0 unspecified atom stereocenters. The van der Waals surface area contributed by atoms with Crippen LogP contribution >= 0.6 is 0 Å². The van der Waals surface area contributed by atoms with Gasteiger partial charge in [-0.2, -0.15) is 8.42 Å². The molecule has 0 N–H and O–H groups in total. The summed E-state index contributed by atoms with van der Waals surface area (Å²) in [4.78, 5) is 14.7. The molecule has 1 atom stereocenters. The van der Waals surface area contributed by atoms with Crippen molar-refractivity contribution in [3.8, 4) is 5.75 Å². The van der Waals surface area contributed by atoms with Crippen molar-refractivity contribution in [1.29, 1.82) is 0 Å². The minimum atomic E-state index is -3.54. The van der Waals surface area contributed by atoms with Gasteiger partial charge in [-0.1, -0.05) is 49.4 Å². The van der Waals surface area contributed by atoms with Crippen LogP contribution in [0.2, 0.25) is 0 Å². The Labute approximate surface area is 155 Å². The van der Waals surface area contributed by atoms with Crippen LogP contribution in [-0.4, -0.2) is 31.5 Å². The quantitative estimate of drug-likeness (QED) is 0.664. The summed E-state index contributed by atoms with van der Waals surface area (Å²) in [6.07, 6.45) is 2.23. The van der Waals surface area contributed by atoms with E-state index >= 15 is 0 Å². The van der Waals surface area contributed by atoms with Crippen molar-refractivity contribution in [1.82, 2.24) is 4.90 Å². The summed E-state index contributed by atoms with van der Waals surface area (Å²) in [5.74, 6) is 0.337. The van der Waals surface area contributed by atoms with E-state index < -0.39 is 10.1 Å². The van der Waals surface area contributed by atoms with Crippen LogP contribution in [0.1, 0.15) is 31.4 Å². The van der Waals surface area contributed by atoms with E-state index in [1.165, 1.54) is 0 Å². The van der Waals surface area contributed by atoms with Gasteiger partial charge in [-0.15, -0.1) is 0 Å². The summed E-state index contributed by atoms with van der Waals surface area (Å²) >= 11 is 0. The molecular weight excluding hydrogens is 350 g/mol. The van der Waals surface area contributed by atoms with Crippen LogP contribution in [0.3, 0.4) is 0 Å². The maximum absolute atomic E-state index is 12.8. The molecule has 1 amide bonds. The van der Waals surface area contributed by atoms with Crippen LogP contribution in [0.5, 0.6) is 5.75 Å². The molecule has 2 aromatic carbocycles. The number of amides is 1. The SMILES string of the molecule is CC[C@@H](C)N(Cc1ccc(OS(C)(=O)=O)cc1)C(=O)Cc1ccccc1. The van der Waals surface area contributed by atoms with Gasteiger partial charge in [-0.3, -0.25) is 4.79 Å². The third kappa shape index (κ3) is 6.19. The predicted octanol–water partition coefficient (Wildman–Crippen LogP) is 3.39. The zero-order valence-corrected chi connectivity index (χ0v) is 16.2. The maximum atomic E-state index is 12.8. The van der Waals surface area contributed by atoms with Gasteiger partial charge in [0.1, 0.15) is 5.75 Å². The zero-order chi connectivity index (χ0) is 19.2. The van der Waals surface area contributed by atoms with E-state index in [1.54, 1.807) is 24.3 Å². The molecule has 26 heavy (non-hydrogen) atoms. The van der Waals surface area contributed by atoms with E-state index in [1.807, 2.05) is 42.2 Å². The second kappa shape index (κ2) is 8.85. The highest BCUT2D eigenvalue weighted by atomic mass is 32.2. The lowest BCUT2D eigenvalue weighted by Crippen LogP contribution is -2.38. The summed E-state index contributed by atoms with van der Waals surface area (Å²) in [5.41, 5.74) is 1.91. The van der Waals surface area contributed by atoms with Crippen LogP contribution in [0.4, 0.5) is 0 Å². The minimum Gasteiger partial charge on any atom is -0.383 e. The topological polar surface area (TPSA) is 63.7 Å². The molecule has 0 aliphatic carbocycles. The fourth-order valence-electron chi connectivity index (χ4n) is 2.60. The fourth-order valence-corrected chi connectivity index (χ4v) is 3.06. The number of hydrogen-bond donors (Lipinski definition) is 0. The Morgan fingerprint density at radius 2 is 1.65 bits per heavy atom. The lowest BCUT2D eigenvalue weighted by molar-refractivity contribution is -0.133. The van der Waals surface area contributed by atoms with Crippen LogP contribution in [0.25, 0.3) is 0 Å². The first-order valence-electron chi connectivity index (χ1n) is 8.60. The Balaban J connectivity index is 2.11. The van der Waals surface area contributed by atoms with Gasteiger partial charge in [0.15, 0.2) is 0 Å². The van der Waals surface area contributed by atoms with E-state index in [4.69, 9.17) is 4.18 Å². The summed E-state index contributed by atoms with van der Waals surface area (Å²) in [6.45, 7) is 4.56. The lowest BCUT2D eigenvalue weighted by Gasteiger charge is -2.29. The fraction of sp³-hybridized carbons (Fsp3) is 0.350. The van der Waals surface area contributed by atoms with Crippen molar-refractivity contribution in [2.75, 3.05) is 6.26 Å². The summed E-state index contributed by atoms with van der Waals surface area (Å²) in [5, 5.41) is 0. The Kier molecular flexibility index (Phi) is 6.80. The van der Waals surface area contributed by atoms with Crippen LogP contribution in [0, 0.1) is 0 Å². The smallest absolute Gasteiger partial charge is 0.306 e. The first-order chi connectivity index (χ1) is 12.3. The molecule has 0 aliphatic rings. The van der Waals surface area contributed by atoms with Crippen LogP contribution < -0.4 is 4.18 Å². The van der Waals surface area contributed by atoms with E-state index in [9.17, 15) is 13.2 Å². The molecule has 0 aromatic heterocycles. The molecule has 0 heterocycles. The van der Waals surface area contributed by atoms with E-state index in [0.29, 0.717) is 13.0 Å². The Hall–Kier alpha value is -2.34. The van der Waals surface area contributed by atoms with E-state index in [2.05, 4.69) is 6.92 Å². The zero-order valence-electron chi connectivity index (χ0n) is 15.4. The van der Waals surface area contributed by atoms with Crippen molar-refractivity contribution in [2.24, 2.45) is 0 Å². The van der Waals surface area contributed by atoms with Gasteiger partial charge in [-0.25, -0.2) is 0 Å². The summed E-state index contributed by atoms with van der Waals surface area (Å²) in [6, 6.07) is 16.6. The largest absolute Gasteiger partial charge is 0.383 e. The van der Waals surface area contributed by atoms with Gasteiger partial charge in [0.2, 0.25) is 5.91 Å². The monoisotopic (exact) mass is 375 g/mol. The molecule has 0 bridgehead atoms. The highest BCUT2D eigenvalue weighted by Crippen LogP contribution is 2.18. The number of benzene rings is 2. The number of carbonyl (C=O) groups excluding carboxylic acids is 1. The number of carbonyl (C=O) groups is 1. The standard InChI is InChI=1S/C20H25NO4S/c1-4-16(2)21(20(22)14-17-8-6-5-7-9-17)15-18-10-12-19(13-11-18)25-26(3,23)24/h5-13,16H,4,14-15H2,1-3H3/t16-/m1/s1. The van der Waals surface area contributed by atoms with Gasteiger partial charge < -0.3 is 9.08 Å². The van der Waals surface area contributed by atoms with Gasteiger partial charge in [-0.05, 0) is 36.6 Å². The predicted molar refractivity (Wildman–Crippen MR) is 102 cm³/mol. The second-order valence-corrected chi connectivity index (χ2v) is 7.95. The Bertz CT molecular complexity index is 817.